The molecule has 1 aliphatic rings. The summed E-state index contributed by atoms with van der Waals surface area (Å²) in [4.78, 5) is 14.4. The maximum Gasteiger partial charge on any atom is 0.258 e. The molecule has 5 heteroatoms. The molecule has 2 atom stereocenters. The number of nitrogens with zero attached hydrogens (tertiary/aromatic N) is 1. The minimum Gasteiger partial charge on any atom is -0.496 e. The van der Waals surface area contributed by atoms with Gasteiger partial charge in [-0.05, 0) is 19.1 Å². The molecule has 1 saturated heterocycles. The zero-order valence-corrected chi connectivity index (χ0v) is 11.9. The number of methoxy groups -OCH3 is 1. The van der Waals surface area contributed by atoms with E-state index in [-0.39, 0.29) is 18.1 Å². The lowest BCUT2D eigenvalue weighted by molar-refractivity contribution is -0.0372. The van der Waals surface area contributed by atoms with Crippen LogP contribution < -0.4 is 4.74 Å². The number of carbonyl (C=O) groups is 1. The third-order valence-corrected chi connectivity index (χ3v) is 3.62. The third-order valence-electron chi connectivity index (χ3n) is 3.28. The number of benzene rings is 1. The normalized spacial score (nSPS) is 23.2. The highest BCUT2D eigenvalue weighted by molar-refractivity contribution is 6.18. The maximum atomic E-state index is 12.6. The summed E-state index contributed by atoms with van der Waals surface area (Å²) in [7, 11) is 1.57. The Morgan fingerprint density at radius 2 is 2.26 bits per heavy atom. The fraction of sp³-hybridized carbons (Fsp3) is 0.500. The van der Waals surface area contributed by atoms with E-state index in [0.717, 1.165) is 0 Å². The molecule has 19 heavy (non-hydrogen) atoms. The SMILES string of the molecule is COc1ccccc1C(=O)N1CC(CCl)OCC1C. The number of carbonyl (C=O) groups excluding carboxylic acids is 1. The Labute approximate surface area is 118 Å². The molecule has 0 aliphatic carbocycles. The van der Waals surface area contributed by atoms with E-state index in [9.17, 15) is 4.79 Å². The number of amides is 1. The van der Waals surface area contributed by atoms with Crippen LogP contribution >= 0.6 is 11.6 Å². The van der Waals surface area contributed by atoms with Gasteiger partial charge in [0.05, 0.1) is 37.3 Å². The second-order valence-corrected chi connectivity index (χ2v) is 4.93. The molecular weight excluding hydrogens is 266 g/mol. The van der Waals surface area contributed by atoms with Gasteiger partial charge in [-0.3, -0.25) is 4.79 Å². The first-order valence-electron chi connectivity index (χ1n) is 6.29. The van der Waals surface area contributed by atoms with Crippen molar-refractivity contribution in [2.24, 2.45) is 0 Å². The van der Waals surface area contributed by atoms with Gasteiger partial charge in [0.1, 0.15) is 5.75 Å². The van der Waals surface area contributed by atoms with Crippen molar-refractivity contribution in [2.75, 3.05) is 26.1 Å². The summed E-state index contributed by atoms with van der Waals surface area (Å²) in [6.45, 7) is 3.00. The van der Waals surface area contributed by atoms with Gasteiger partial charge in [0.25, 0.3) is 5.91 Å². The summed E-state index contributed by atoms with van der Waals surface area (Å²) in [5, 5.41) is 0. The fourth-order valence-electron chi connectivity index (χ4n) is 2.17. The molecular formula is C14H18ClNO3. The zero-order valence-electron chi connectivity index (χ0n) is 11.1. The Balaban J connectivity index is 2.22. The van der Waals surface area contributed by atoms with Gasteiger partial charge < -0.3 is 14.4 Å². The summed E-state index contributed by atoms with van der Waals surface area (Å²) in [6.07, 6.45) is -0.100. The predicted octanol–water partition coefficient (Wildman–Crippen LogP) is 2.16. The van der Waals surface area contributed by atoms with E-state index >= 15 is 0 Å². The summed E-state index contributed by atoms with van der Waals surface area (Å²) >= 11 is 5.81. The molecule has 4 nitrogen and oxygen atoms in total. The number of alkyl halides is 1. The number of morpholine rings is 1. The van der Waals surface area contributed by atoms with Crippen molar-refractivity contribution in [1.29, 1.82) is 0 Å². The smallest absolute Gasteiger partial charge is 0.258 e. The highest BCUT2D eigenvalue weighted by atomic mass is 35.5. The average Bonchev–Trinajstić information content (AvgIpc) is 2.47. The Kier molecular flexibility index (Phi) is 4.66. The van der Waals surface area contributed by atoms with Crippen molar-refractivity contribution in [3.8, 4) is 5.75 Å². The summed E-state index contributed by atoms with van der Waals surface area (Å²) in [5.41, 5.74) is 0.576. The van der Waals surface area contributed by atoms with Crippen molar-refractivity contribution < 1.29 is 14.3 Å². The number of para-hydroxylation sites is 1. The van der Waals surface area contributed by atoms with E-state index in [2.05, 4.69) is 0 Å². The van der Waals surface area contributed by atoms with E-state index < -0.39 is 0 Å². The Morgan fingerprint density at radius 1 is 1.53 bits per heavy atom. The Morgan fingerprint density at radius 3 is 2.95 bits per heavy atom. The molecule has 2 unspecified atom stereocenters. The van der Waals surface area contributed by atoms with Gasteiger partial charge in [-0.15, -0.1) is 11.6 Å². The van der Waals surface area contributed by atoms with E-state index in [1.54, 1.807) is 24.1 Å². The molecule has 1 aromatic carbocycles. The first kappa shape index (κ1) is 14.2. The number of hydrogen-bond donors (Lipinski definition) is 0. The minimum absolute atomic E-state index is 0.0385. The lowest BCUT2D eigenvalue weighted by Gasteiger charge is -2.37. The van der Waals surface area contributed by atoms with Gasteiger partial charge in [-0.25, -0.2) is 0 Å². The molecule has 1 heterocycles. The van der Waals surface area contributed by atoms with Crippen LogP contribution in [0.1, 0.15) is 17.3 Å². The van der Waals surface area contributed by atoms with E-state index in [4.69, 9.17) is 21.1 Å². The van der Waals surface area contributed by atoms with Crippen LogP contribution in [0.2, 0.25) is 0 Å². The fourth-order valence-corrected chi connectivity index (χ4v) is 2.36. The molecule has 1 aliphatic heterocycles. The number of halogens is 1. The average molecular weight is 284 g/mol. The number of ether oxygens (including phenoxy) is 2. The van der Waals surface area contributed by atoms with Crippen LogP contribution in [-0.4, -0.2) is 49.1 Å². The zero-order chi connectivity index (χ0) is 13.8. The lowest BCUT2D eigenvalue weighted by Crippen LogP contribution is -2.51. The topological polar surface area (TPSA) is 38.8 Å². The van der Waals surface area contributed by atoms with E-state index in [1.807, 2.05) is 19.1 Å². The van der Waals surface area contributed by atoms with Crippen LogP contribution in [0, 0.1) is 0 Å². The van der Waals surface area contributed by atoms with Gasteiger partial charge in [0.15, 0.2) is 0 Å². The van der Waals surface area contributed by atoms with Crippen LogP contribution in [0.3, 0.4) is 0 Å². The minimum atomic E-state index is -0.100. The highest BCUT2D eigenvalue weighted by Crippen LogP contribution is 2.22. The number of rotatable bonds is 3. The Hall–Kier alpha value is -1.26. The van der Waals surface area contributed by atoms with Crippen LogP contribution in [0.5, 0.6) is 5.75 Å². The highest BCUT2D eigenvalue weighted by Gasteiger charge is 2.30. The molecule has 0 aromatic heterocycles. The van der Waals surface area contributed by atoms with Crippen molar-refractivity contribution in [3.05, 3.63) is 29.8 Å². The third kappa shape index (κ3) is 3.01. The van der Waals surface area contributed by atoms with Crippen molar-refractivity contribution in [1.82, 2.24) is 4.90 Å². The second-order valence-electron chi connectivity index (χ2n) is 4.62. The van der Waals surface area contributed by atoms with Crippen LogP contribution in [0.4, 0.5) is 0 Å². The molecule has 1 amide bonds. The van der Waals surface area contributed by atoms with Gasteiger partial charge in [-0.1, -0.05) is 12.1 Å². The van der Waals surface area contributed by atoms with Crippen molar-refractivity contribution in [2.45, 2.75) is 19.1 Å². The first-order valence-corrected chi connectivity index (χ1v) is 6.82. The van der Waals surface area contributed by atoms with Crippen molar-refractivity contribution in [3.63, 3.8) is 0 Å². The van der Waals surface area contributed by atoms with E-state index in [0.29, 0.717) is 30.3 Å². The summed E-state index contributed by atoms with van der Waals surface area (Å²) in [6, 6.07) is 7.29. The molecule has 104 valence electrons. The summed E-state index contributed by atoms with van der Waals surface area (Å²) in [5.74, 6) is 0.944. The van der Waals surface area contributed by atoms with Crippen LogP contribution in [0.25, 0.3) is 0 Å². The molecule has 0 saturated carbocycles. The largest absolute Gasteiger partial charge is 0.496 e. The van der Waals surface area contributed by atoms with Gasteiger partial charge in [0.2, 0.25) is 0 Å². The number of hydrogen-bond acceptors (Lipinski definition) is 3. The summed E-state index contributed by atoms with van der Waals surface area (Å²) < 4.78 is 10.8. The van der Waals surface area contributed by atoms with Gasteiger partial charge in [-0.2, -0.15) is 0 Å². The molecule has 1 aromatic rings. The van der Waals surface area contributed by atoms with E-state index in [1.165, 1.54) is 0 Å². The molecule has 0 N–H and O–H groups in total. The second kappa shape index (κ2) is 6.26. The van der Waals surface area contributed by atoms with Gasteiger partial charge in [0, 0.05) is 6.54 Å². The van der Waals surface area contributed by atoms with Crippen molar-refractivity contribution >= 4 is 17.5 Å². The standard InChI is InChI=1S/C14H18ClNO3/c1-10-9-19-11(7-15)8-16(10)14(17)12-5-3-4-6-13(12)18-2/h3-6,10-11H,7-9H2,1-2H3. The molecule has 1 fully saturated rings. The molecule has 0 bridgehead atoms. The molecule has 2 rings (SSSR count). The molecule has 0 radical (unpaired) electrons. The quantitative estimate of drug-likeness (QED) is 0.798. The van der Waals surface area contributed by atoms with Crippen LogP contribution in [-0.2, 0) is 4.74 Å². The predicted molar refractivity (Wildman–Crippen MR) is 74.0 cm³/mol. The maximum absolute atomic E-state index is 12.6. The first-order chi connectivity index (χ1) is 9.17. The lowest BCUT2D eigenvalue weighted by atomic mass is 10.1. The van der Waals surface area contributed by atoms with Gasteiger partial charge >= 0.3 is 0 Å². The van der Waals surface area contributed by atoms with Crippen LogP contribution in [0.15, 0.2) is 24.3 Å². The monoisotopic (exact) mass is 283 g/mol. The molecule has 0 spiro atoms. The Bertz CT molecular complexity index is 452.